The minimum atomic E-state index is -3.00. The van der Waals surface area contributed by atoms with E-state index in [1.165, 1.54) is 0 Å². The lowest BCUT2D eigenvalue weighted by Crippen LogP contribution is -2.66. The molecule has 0 bridgehead atoms. The van der Waals surface area contributed by atoms with Gasteiger partial charge in [0.05, 0.1) is 12.4 Å². The number of ether oxygens (including phenoxy) is 1. The third-order valence-electron chi connectivity index (χ3n) is 4.95. The van der Waals surface area contributed by atoms with Crippen molar-refractivity contribution in [2.45, 2.75) is 24.0 Å². The van der Waals surface area contributed by atoms with Crippen LogP contribution in [0.5, 0.6) is 0 Å². The molecule has 3 heterocycles. The summed E-state index contributed by atoms with van der Waals surface area (Å²) in [6.45, 7) is 3.18. The molecule has 0 aromatic heterocycles. The van der Waals surface area contributed by atoms with Crippen LogP contribution in [0, 0.1) is 5.92 Å². The fourth-order valence-corrected chi connectivity index (χ4v) is 5.82. The van der Waals surface area contributed by atoms with E-state index in [0.29, 0.717) is 26.1 Å². The van der Waals surface area contributed by atoms with E-state index in [9.17, 15) is 13.2 Å². The predicted molar refractivity (Wildman–Crippen MR) is 74.1 cm³/mol. The Morgan fingerprint density at radius 2 is 2.00 bits per heavy atom. The Hall–Kier alpha value is -0.660. The molecule has 3 rings (SSSR count). The number of amides is 1. The molecule has 3 aliphatic rings. The Kier molecular flexibility index (Phi) is 3.77. The van der Waals surface area contributed by atoms with E-state index >= 15 is 0 Å². The highest BCUT2D eigenvalue weighted by Gasteiger charge is 2.58. The van der Waals surface area contributed by atoms with Crippen molar-refractivity contribution in [1.82, 2.24) is 10.2 Å². The van der Waals surface area contributed by atoms with Crippen molar-refractivity contribution in [2.75, 3.05) is 45.1 Å². The van der Waals surface area contributed by atoms with Crippen molar-refractivity contribution in [3.63, 3.8) is 0 Å². The standard InChI is InChI=1S/C13H22N2O4S/c16-12(15-4-1-2-5-15)8-19-7-11-3-6-20(17,18)13(11)9-14-10-13/h11,14H,1-10H2. The molecule has 1 unspecified atom stereocenters. The van der Waals surface area contributed by atoms with Crippen LogP contribution in [0.15, 0.2) is 0 Å². The van der Waals surface area contributed by atoms with Crippen LogP contribution in [0.4, 0.5) is 0 Å². The second kappa shape index (κ2) is 5.27. The molecule has 114 valence electrons. The molecule has 0 aromatic rings. The molecular weight excluding hydrogens is 280 g/mol. The highest BCUT2D eigenvalue weighted by molar-refractivity contribution is 7.93. The van der Waals surface area contributed by atoms with E-state index in [2.05, 4.69) is 5.32 Å². The number of carbonyl (C=O) groups excluding carboxylic acids is 1. The monoisotopic (exact) mass is 302 g/mol. The van der Waals surface area contributed by atoms with Gasteiger partial charge in [-0.3, -0.25) is 4.79 Å². The number of hydrogen-bond acceptors (Lipinski definition) is 5. The van der Waals surface area contributed by atoms with Crippen LogP contribution in [0.1, 0.15) is 19.3 Å². The molecule has 0 aromatic carbocycles. The first kappa shape index (κ1) is 14.3. The summed E-state index contributed by atoms with van der Waals surface area (Å²) in [5.74, 6) is 0.312. The zero-order valence-corrected chi connectivity index (χ0v) is 12.5. The lowest BCUT2D eigenvalue weighted by atomic mass is 9.85. The Balaban J connectivity index is 1.50. The van der Waals surface area contributed by atoms with Crippen LogP contribution in [0.3, 0.4) is 0 Å². The summed E-state index contributed by atoms with van der Waals surface area (Å²) in [5, 5.41) is 3.06. The lowest BCUT2D eigenvalue weighted by molar-refractivity contribution is -0.135. The molecule has 0 saturated carbocycles. The summed E-state index contributed by atoms with van der Waals surface area (Å²) in [5.41, 5.74) is 0. The van der Waals surface area contributed by atoms with Gasteiger partial charge in [-0.05, 0) is 19.3 Å². The number of sulfone groups is 1. The van der Waals surface area contributed by atoms with Gasteiger partial charge in [0, 0.05) is 32.1 Å². The summed E-state index contributed by atoms with van der Waals surface area (Å²) < 4.78 is 29.1. The van der Waals surface area contributed by atoms with Crippen molar-refractivity contribution < 1.29 is 17.9 Å². The molecule has 0 aliphatic carbocycles. The Labute approximate surface area is 119 Å². The van der Waals surface area contributed by atoms with Gasteiger partial charge in [-0.2, -0.15) is 0 Å². The van der Waals surface area contributed by atoms with Crippen LogP contribution in [0.25, 0.3) is 0 Å². The maximum absolute atomic E-state index is 12.1. The van der Waals surface area contributed by atoms with Crippen molar-refractivity contribution in [1.29, 1.82) is 0 Å². The molecule has 1 spiro atoms. The molecule has 3 saturated heterocycles. The fraction of sp³-hybridized carbons (Fsp3) is 0.923. The summed E-state index contributed by atoms with van der Waals surface area (Å²) in [4.78, 5) is 13.7. The Bertz CT molecular complexity index is 481. The highest BCUT2D eigenvalue weighted by atomic mass is 32.2. The van der Waals surface area contributed by atoms with Gasteiger partial charge in [0.2, 0.25) is 5.91 Å². The average Bonchev–Trinajstić information content (AvgIpc) is 2.94. The third-order valence-corrected chi connectivity index (χ3v) is 7.58. The smallest absolute Gasteiger partial charge is 0.248 e. The summed E-state index contributed by atoms with van der Waals surface area (Å²) in [6.07, 6.45) is 2.80. The molecule has 3 fully saturated rings. The minimum Gasteiger partial charge on any atom is -0.371 e. The van der Waals surface area contributed by atoms with Crippen molar-refractivity contribution in [3.8, 4) is 0 Å². The van der Waals surface area contributed by atoms with Crippen LogP contribution >= 0.6 is 0 Å². The zero-order chi connectivity index (χ0) is 14.2. The second-order valence-corrected chi connectivity index (χ2v) is 8.53. The van der Waals surface area contributed by atoms with Gasteiger partial charge in [-0.25, -0.2) is 8.42 Å². The van der Waals surface area contributed by atoms with Gasteiger partial charge < -0.3 is 15.0 Å². The largest absolute Gasteiger partial charge is 0.371 e. The van der Waals surface area contributed by atoms with Crippen LogP contribution in [-0.4, -0.2) is 69.1 Å². The van der Waals surface area contributed by atoms with Crippen LogP contribution < -0.4 is 5.32 Å². The van der Waals surface area contributed by atoms with E-state index in [1.807, 2.05) is 4.90 Å². The van der Waals surface area contributed by atoms with Crippen molar-refractivity contribution >= 4 is 15.7 Å². The van der Waals surface area contributed by atoms with Gasteiger partial charge >= 0.3 is 0 Å². The van der Waals surface area contributed by atoms with Crippen LogP contribution in [0.2, 0.25) is 0 Å². The number of nitrogens with one attached hydrogen (secondary N) is 1. The quantitative estimate of drug-likeness (QED) is 0.751. The second-order valence-electron chi connectivity index (χ2n) is 6.08. The predicted octanol–water partition coefficient (Wildman–Crippen LogP) is -0.598. The van der Waals surface area contributed by atoms with E-state index < -0.39 is 14.6 Å². The minimum absolute atomic E-state index is 0.0279. The maximum atomic E-state index is 12.1. The summed E-state index contributed by atoms with van der Waals surface area (Å²) >= 11 is 0. The molecule has 7 heteroatoms. The number of hydrogen-bond donors (Lipinski definition) is 1. The zero-order valence-electron chi connectivity index (χ0n) is 11.6. The van der Waals surface area contributed by atoms with Gasteiger partial charge in [-0.1, -0.05) is 0 Å². The summed E-state index contributed by atoms with van der Waals surface area (Å²) in [6, 6.07) is 0. The molecule has 6 nitrogen and oxygen atoms in total. The lowest BCUT2D eigenvalue weighted by Gasteiger charge is -2.42. The van der Waals surface area contributed by atoms with Crippen molar-refractivity contribution in [3.05, 3.63) is 0 Å². The van der Waals surface area contributed by atoms with Gasteiger partial charge in [0.15, 0.2) is 9.84 Å². The van der Waals surface area contributed by atoms with E-state index in [1.54, 1.807) is 0 Å². The van der Waals surface area contributed by atoms with E-state index in [-0.39, 0.29) is 24.2 Å². The van der Waals surface area contributed by atoms with E-state index in [4.69, 9.17) is 4.74 Å². The number of likely N-dealkylation sites (tertiary alicyclic amines) is 1. The van der Waals surface area contributed by atoms with Crippen molar-refractivity contribution in [2.24, 2.45) is 5.92 Å². The molecule has 1 atom stereocenters. The Morgan fingerprint density at radius 3 is 2.60 bits per heavy atom. The summed E-state index contributed by atoms with van der Waals surface area (Å²) in [7, 11) is -3.00. The maximum Gasteiger partial charge on any atom is 0.248 e. The number of carbonyl (C=O) groups is 1. The van der Waals surface area contributed by atoms with Gasteiger partial charge in [0.1, 0.15) is 11.4 Å². The number of nitrogens with zero attached hydrogens (tertiary/aromatic N) is 1. The molecule has 3 aliphatic heterocycles. The first-order chi connectivity index (χ1) is 9.55. The topological polar surface area (TPSA) is 75.7 Å². The fourth-order valence-electron chi connectivity index (χ4n) is 3.48. The SMILES string of the molecule is O=C(COCC1CCS(=O)(=O)C12CNC2)N1CCCC1. The highest BCUT2D eigenvalue weighted by Crippen LogP contribution is 2.40. The number of rotatable bonds is 4. The van der Waals surface area contributed by atoms with Gasteiger partial charge in [0.25, 0.3) is 0 Å². The molecular formula is C13H22N2O4S. The molecule has 20 heavy (non-hydrogen) atoms. The van der Waals surface area contributed by atoms with Gasteiger partial charge in [-0.15, -0.1) is 0 Å². The van der Waals surface area contributed by atoms with Crippen LogP contribution in [-0.2, 0) is 19.4 Å². The molecule has 0 radical (unpaired) electrons. The normalized spacial score (nSPS) is 30.6. The first-order valence-corrected chi connectivity index (χ1v) is 8.99. The van der Waals surface area contributed by atoms with E-state index in [0.717, 1.165) is 25.9 Å². The molecule has 1 amide bonds. The third kappa shape index (κ3) is 2.25. The molecule has 1 N–H and O–H groups in total. The first-order valence-electron chi connectivity index (χ1n) is 7.34. The average molecular weight is 302 g/mol. The Morgan fingerprint density at radius 1 is 1.30 bits per heavy atom.